The summed E-state index contributed by atoms with van der Waals surface area (Å²) in [5.41, 5.74) is 1.15. The summed E-state index contributed by atoms with van der Waals surface area (Å²) in [6.45, 7) is 6.61. The summed E-state index contributed by atoms with van der Waals surface area (Å²) >= 11 is 0. The number of methoxy groups -OCH3 is 1. The van der Waals surface area contributed by atoms with Crippen LogP contribution in [0.5, 0.6) is 5.75 Å². The largest absolute Gasteiger partial charge is 0.481 e. The third-order valence-corrected chi connectivity index (χ3v) is 3.26. The second-order valence-corrected chi connectivity index (χ2v) is 5.55. The highest BCUT2D eigenvalue weighted by Crippen LogP contribution is 2.20. The molecule has 1 atom stereocenters. The zero-order chi connectivity index (χ0) is 17.2. The van der Waals surface area contributed by atoms with E-state index in [1.54, 1.807) is 14.0 Å². The third-order valence-electron chi connectivity index (χ3n) is 3.26. The van der Waals surface area contributed by atoms with Gasteiger partial charge in [0.25, 0.3) is 5.91 Å². The first-order chi connectivity index (χ1) is 10.9. The van der Waals surface area contributed by atoms with Crippen molar-refractivity contribution in [1.82, 2.24) is 10.6 Å². The maximum Gasteiger partial charge on any atom is 0.261 e. The number of carbonyl (C=O) groups is 2. The Kier molecular flexibility index (Phi) is 8.11. The van der Waals surface area contributed by atoms with E-state index in [1.165, 1.54) is 0 Å². The van der Waals surface area contributed by atoms with Gasteiger partial charge in [0.2, 0.25) is 5.91 Å². The molecule has 0 saturated heterocycles. The molecule has 0 spiro atoms. The van der Waals surface area contributed by atoms with Crippen LogP contribution in [0.2, 0.25) is 0 Å². The van der Waals surface area contributed by atoms with Crippen LogP contribution in [0, 0.1) is 0 Å². The highest BCUT2D eigenvalue weighted by Gasteiger charge is 2.15. The van der Waals surface area contributed by atoms with E-state index < -0.39 is 6.10 Å². The highest BCUT2D eigenvalue weighted by atomic mass is 16.5. The van der Waals surface area contributed by atoms with Crippen molar-refractivity contribution in [3.8, 4) is 5.75 Å². The van der Waals surface area contributed by atoms with Crippen molar-refractivity contribution in [3.63, 3.8) is 0 Å². The van der Waals surface area contributed by atoms with E-state index in [4.69, 9.17) is 9.47 Å². The predicted molar refractivity (Wildman–Crippen MR) is 88.5 cm³/mol. The van der Waals surface area contributed by atoms with Gasteiger partial charge in [-0.3, -0.25) is 9.59 Å². The van der Waals surface area contributed by atoms with Gasteiger partial charge in [-0.25, -0.2) is 0 Å². The molecule has 0 bridgehead atoms. The fourth-order valence-electron chi connectivity index (χ4n) is 1.87. The highest BCUT2D eigenvalue weighted by molar-refractivity contribution is 5.86. The van der Waals surface area contributed by atoms with Gasteiger partial charge in [0.1, 0.15) is 5.75 Å². The molecule has 23 heavy (non-hydrogen) atoms. The molecule has 2 N–H and O–H groups in total. The van der Waals surface area contributed by atoms with Crippen molar-refractivity contribution in [2.75, 3.05) is 26.8 Å². The summed E-state index contributed by atoms with van der Waals surface area (Å²) in [7, 11) is 1.56. The number of ether oxygens (including phenoxy) is 2. The standard InChI is InChI=1S/C17H26N2O4/c1-12(2)14-6-5-7-15(10-14)23-13(3)17(21)19-11-16(20)18-8-9-22-4/h5-7,10,12-13H,8-9,11H2,1-4H3,(H,18,20)(H,19,21). The molecule has 6 heteroatoms. The van der Waals surface area contributed by atoms with E-state index in [9.17, 15) is 9.59 Å². The minimum absolute atomic E-state index is 0.0811. The minimum Gasteiger partial charge on any atom is -0.481 e. The maximum absolute atomic E-state index is 12.0. The number of hydrogen-bond acceptors (Lipinski definition) is 4. The van der Waals surface area contributed by atoms with Crippen LogP contribution in [0.1, 0.15) is 32.3 Å². The molecule has 0 heterocycles. The third kappa shape index (κ3) is 7.15. The van der Waals surface area contributed by atoms with Gasteiger partial charge in [0.05, 0.1) is 13.2 Å². The SMILES string of the molecule is COCCNC(=O)CNC(=O)C(C)Oc1cccc(C(C)C)c1. The van der Waals surface area contributed by atoms with E-state index in [-0.39, 0.29) is 18.4 Å². The van der Waals surface area contributed by atoms with Gasteiger partial charge >= 0.3 is 0 Å². The van der Waals surface area contributed by atoms with Crippen LogP contribution in [0.15, 0.2) is 24.3 Å². The molecule has 0 saturated carbocycles. The Hall–Kier alpha value is -2.08. The Labute approximate surface area is 137 Å². The molecule has 2 amide bonds. The van der Waals surface area contributed by atoms with Crippen molar-refractivity contribution < 1.29 is 19.1 Å². The lowest BCUT2D eigenvalue weighted by atomic mass is 10.0. The fourth-order valence-corrected chi connectivity index (χ4v) is 1.87. The Morgan fingerprint density at radius 1 is 1.17 bits per heavy atom. The fraction of sp³-hybridized carbons (Fsp3) is 0.529. The molecule has 1 rings (SSSR count). The average molecular weight is 322 g/mol. The van der Waals surface area contributed by atoms with E-state index in [1.807, 2.05) is 24.3 Å². The summed E-state index contributed by atoms with van der Waals surface area (Å²) in [5, 5.41) is 5.18. The topological polar surface area (TPSA) is 76.7 Å². The second-order valence-electron chi connectivity index (χ2n) is 5.55. The number of carbonyl (C=O) groups excluding carboxylic acids is 2. The number of amides is 2. The Bertz CT molecular complexity index is 517. The van der Waals surface area contributed by atoms with Gasteiger partial charge in [-0.2, -0.15) is 0 Å². The van der Waals surface area contributed by atoms with Crippen molar-refractivity contribution in [3.05, 3.63) is 29.8 Å². The van der Waals surface area contributed by atoms with Crippen LogP contribution in [0.3, 0.4) is 0 Å². The molecule has 0 radical (unpaired) electrons. The lowest BCUT2D eigenvalue weighted by Crippen LogP contribution is -2.43. The number of hydrogen-bond donors (Lipinski definition) is 2. The molecule has 0 aliphatic carbocycles. The number of nitrogens with one attached hydrogen (secondary N) is 2. The van der Waals surface area contributed by atoms with Gasteiger partial charge in [0.15, 0.2) is 6.10 Å². The summed E-state index contributed by atoms with van der Waals surface area (Å²) in [6, 6.07) is 7.66. The van der Waals surface area contributed by atoms with Crippen molar-refractivity contribution in [2.45, 2.75) is 32.8 Å². The summed E-state index contributed by atoms with van der Waals surface area (Å²) in [6.07, 6.45) is -0.677. The first-order valence-corrected chi connectivity index (χ1v) is 7.74. The Morgan fingerprint density at radius 3 is 2.57 bits per heavy atom. The zero-order valence-corrected chi connectivity index (χ0v) is 14.2. The Morgan fingerprint density at radius 2 is 1.91 bits per heavy atom. The molecule has 0 aromatic heterocycles. The van der Waals surface area contributed by atoms with Crippen LogP contribution in [-0.2, 0) is 14.3 Å². The van der Waals surface area contributed by atoms with Crippen LogP contribution in [0.25, 0.3) is 0 Å². The number of benzene rings is 1. The van der Waals surface area contributed by atoms with E-state index >= 15 is 0 Å². The predicted octanol–water partition coefficient (Wildman–Crippen LogP) is 1.46. The lowest BCUT2D eigenvalue weighted by Gasteiger charge is -2.16. The monoisotopic (exact) mass is 322 g/mol. The smallest absolute Gasteiger partial charge is 0.261 e. The average Bonchev–Trinajstić information content (AvgIpc) is 2.53. The zero-order valence-electron chi connectivity index (χ0n) is 14.2. The van der Waals surface area contributed by atoms with Crippen molar-refractivity contribution >= 4 is 11.8 Å². The van der Waals surface area contributed by atoms with Crippen LogP contribution < -0.4 is 15.4 Å². The van der Waals surface area contributed by atoms with Crippen molar-refractivity contribution in [1.29, 1.82) is 0 Å². The summed E-state index contributed by atoms with van der Waals surface area (Å²) < 4.78 is 10.5. The molecular weight excluding hydrogens is 296 g/mol. The molecule has 1 aromatic carbocycles. The molecule has 0 aliphatic heterocycles. The minimum atomic E-state index is -0.677. The van der Waals surface area contributed by atoms with Crippen LogP contribution in [0.4, 0.5) is 0 Å². The quantitative estimate of drug-likeness (QED) is 0.675. The first-order valence-electron chi connectivity index (χ1n) is 7.74. The van der Waals surface area contributed by atoms with Crippen LogP contribution in [-0.4, -0.2) is 44.7 Å². The summed E-state index contributed by atoms with van der Waals surface area (Å²) in [5.74, 6) is 0.438. The van der Waals surface area contributed by atoms with Crippen LogP contribution >= 0.6 is 0 Å². The van der Waals surface area contributed by atoms with Gasteiger partial charge < -0.3 is 20.1 Å². The number of rotatable bonds is 9. The van der Waals surface area contributed by atoms with Gasteiger partial charge in [0, 0.05) is 13.7 Å². The molecule has 0 fully saturated rings. The normalized spacial score (nSPS) is 11.9. The first kappa shape index (κ1) is 19.0. The van der Waals surface area contributed by atoms with Gasteiger partial charge in [-0.1, -0.05) is 26.0 Å². The molecule has 1 unspecified atom stereocenters. The van der Waals surface area contributed by atoms with E-state index in [0.29, 0.717) is 24.8 Å². The lowest BCUT2D eigenvalue weighted by molar-refractivity contribution is -0.130. The van der Waals surface area contributed by atoms with E-state index in [0.717, 1.165) is 5.56 Å². The molecule has 1 aromatic rings. The molecule has 128 valence electrons. The Balaban J connectivity index is 2.42. The molecule has 6 nitrogen and oxygen atoms in total. The van der Waals surface area contributed by atoms with Gasteiger partial charge in [-0.15, -0.1) is 0 Å². The molecule has 0 aliphatic rings. The summed E-state index contributed by atoms with van der Waals surface area (Å²) in [4.78, 5) is 23.5. The van der Waals surface area contributed by atoms with E-state index in [2.05, 4.69) is 24.5 Å². The second kappa shape index (κ2) is 9.84. The van der Waals surface area contributed by atoms with Gasteiger partial charge in [-0.05, 0) is 30.5 Å². The molecular formula is C17H26N2O4. The maximum atomic E-state index is 12.0. The van der Waals surface area contributed by atoms with Crippen molar-refractivity contribution in [2.24, 2.45) is 0 Å².